The molecule has 0 heterocycles. The maximum atomic E-state index is 5.97. The number of unbranched alkanes of at least 4 members (excludes halogenated alkanes) is 29. The lowest BCUT2D eigenvalue weighted by molar-refractivity contribution is 0.0706. The summed E-state index contributed by atoms with van der Waals surface area (Å²) in [7, 11) is -2.42. The maximum absolute atomic E-state index is 5.97. The van der Waals surface area contributed by atoms with Crippen LogP contribution in [0.15, 0.2) is 0 Å². The quantitative estimate of drug-likeness (QED) is 0.0273. The van der Waals surface area contributed by atoms with E-state index < -0.39 is 8.80 Å². The first-order valence-electron chi connectivity index (χ1n) is 19.7. The first-order chi connectivity index (χ1) is 21.2. The molecule has 0 aliphatic heterocycles. The van der Waals surface area contributed by atoms with Crippen molar-refractivity contribution in [2.24, 2.45) is 0 Å². The van der Waals surface area contributed by atoms with Crippen LogP contribution in [0.3, 0.4) is 0 Å². The normalized spacial score (nSPS) is 12.0. The van der Waals surface area contributed by atoms with Crippen molar-refractivity contribution >= 4 is 31.4 Å². The molecule has 0 aliphatic carbocycles. The van der Waals surface area contributed by atoms with Crippen molar-refractivity contribution in [3.63, 3.8) is 0 Å². The summed E-state index contributed by atoms with van der Waals surface area (Å²) in [4.78, 5) is 0. The van der Waals surface area contributed by atoms with E-state index in [2.05, 4.69) is 22.6 Å². The van der Waals surface area contributed by atoms with Crippen LogP contribution in [-0.2, 0) is 13.3 Å². The highest BCUT2D eigenvalue weighted by atomic mass is 127. The molecule has 0 fully saturated rings. The summed E-state index contributed by atoms with van der Waals surface area (Å²) in [6.45, 7) is 8.19. The third-order valence-electron chi connectivity index (χ3n) is 8.96. The van der Waals surface area contributed by atoms with Gasteiger partial charge in [0.1, 0.15) is 0 Å². The predicted molar refractivity (Wildman–Crippen MR) is 203 cm³/mol. The molecule has 3 nitrogen and oxygen atoms in total. The monoisotopic (exact) mass is 738 g/mol. The predicted octanol–water partition coefficient (Wildman–Crippen LogP) is 14.2. The third-order valence-corrected chi connectivity index (χ3v) is 12.9. The lowest BCUT2D eigenvalue weighted by Crippen LogP contribution is -2.45. The lowest BCUT2D eigenvalue weighted by atomic mass is 10.0. The second-order valence-corrected chi connectivity index (χ2v) is 16.8. The number of alkyl halides is 1. The summed E-state index contributed by atoms with van der Waals surface area (Å²) in [5.41, 5.74) is 0. The second kappa shape index (κ2) is 37.3. The van der Waals surface area contributed by atoms with E-state index in [0.717, 1.165) is 6.04 Å². The van der Waals surface area contributed by atoms with E-state index in [1.165, 1.54) is 197 Å². The summed E-state index contributed by atoms with van der Waals surface area (Å²) in [5.74, 6) is 0. The van der Waals surface area contributed by atoms with Gasteiger partial charge in [0.15, 0.2) is 0 Å². The van der Waals surface area contributed by atoms with E-state index in [-0.39, 0.29) is 0 Å². The molecule has 0 saturated carbocycles. The Bertz CT molecular complexity index is 491. The molecule has 0 aromatic carbocycles. The van der Waals surface area contributed by atoms with Crippen LogP contribution in [-0.4, -0.2) is 33.1 Å². The Labute approximate surface area is 287 Å². The van der Waals surface area contributed by atoms with Crippen LogP contribution in [0.25, 0.3) is 0 Å². The molecule has 0 aromatic rings. The zero-order valence-corrected chi connectivity index (χ0v) is 33.0. The Kier molecular flexibility index (Phi) is 38.0. The van der Waals surface area contributed by atoms with Crippen molar-refractivity contribution in [1.82, 2.24) is 0 Å². The van der Waals surface area contributed by atoms with Crippen molar-refractivity contribution < 1.29 is 13.3 Å². The molecule has 0 spiro atoms. The van der Waals surface area contributed by atoms with Crippen LogP contribution in [0.1, 0.15) is 213 Å². The molecule has 0 aromatic heterocycles. The van der Waals surface area contributed by atoms with Crippen molar-refractivity contribution in [3.8, 4) is 0 Å². The topological polar surface area (TPSA) is 27.7 Å². The molecule has 0 radical (unpaired) electrons. The number of hydrogen-bond donors (Lipinski definition) is 0. The molecule has 260 valence electrons. The Morgan fingerprint density at radius 1 is 0.302 bits per heavy atom. The van der Waals surface area contributed by atoms with Gasteiger partial charge in [-0.1, -0.05) is 202 Å². The van der Waals surface area contributed by atoms with Crippen molar-refractivity contribution in [2.45, 2.75) is 219 Å². The minimum atomic E-state index is -2.42. The average Bonchev–Trinajstić information content (AvgIpc) is 3.00. The fourth-order valence-corrected chi connectivity index (χ4v) is 9.61. The molecule has 0 amide bonds. The highest BCUT2D eigenvalue weighted by Crippen LogP contribution is 2.21. The Morgan fingerprint density at radius 2 is 0.488 bits per heavy atom. The van der Waals surface area contributed by atoms with Gasteiger partial charge in [0.05, 0.1) is 0 Å². The van der Waals surface area contributed by atoms with Gasteiger partial charge in [0.2, 0.25) is 0 Å². The molecule has 0 atom stereocenters. The lowest BCUT2D eigenvalue weighted by Gasteiger charge is -2.28. The summed E-state index contributed by atoms with van der Waals surface area (Å²) >= 11 is 2.50. The van der Waals surface area contributed by atoms with Gasteiger partial charge in [-0.05, 0) is 38.0 Å². The van der Waals surface area contributed by atoms with Gasteiger partial charge in [0, 0.05) is 25.9 Å². The van der Waals surface area contributed by atoms with Crippen LogP contribution in [0.5, 0.6) is 0 Å². The molecule has 5 heteroatoms. The van der Waals surface area contributed by atoms with Crippen molar-refractivity contribution in [3.05, 3.63) is 0 Å². The fraction of sp³-hybridized carbons (Fsp3) is 1.00. The third kappa shape index (κ3) is 32.6. The first-order valence-corrected chi connectivity index (χ1v) is 23.2. The first kappa shape index (κ1) is 43.8. The highest BCUT2D eigenvalue weighted by Gasteiger charge is 2.39. The number of rotatable bonds is 38. The van der Waals surface area contributed by atoms with Gasteiger partial charge in [-0.2, -0.15) is 0 Å². The van der Waals surface area contributed by atoms with E-state index in [1.54, 1.807) is 0 Å². The fourth-order valence-electron chi connectivity index (χ4n) is 6.39. The Hall–Kier alpha value is 0.827. The zero-order valence-electron chi connectivity index (χ0n) is 29.9. The second-order valence-electron chi connectivity index (χ2n) is 13.0. The molecule has 0 rings (SSSR count). The number of halogens is 1. The maximum Gasteiger partial charge on any atom is 0.500 e. The Balaban J connectivity index is 3.24. The minimum absolute atomic E-state index is 0.686. The summed E-state index contributed by atoms with van der Waals surface area (Å²) in [6.07, 6.45) is 43.3. The van der Waals surface area contributed by atoms with Crippen LogP contribution in [0.4, 0.5) is 0 Å². The van der Waals surface area contributed by atoms with Crippen LogP contribution < -0.4 is 0 Å². The van der Waals surface area contributed by atoms with Gasteiger partial charge < -0.3 is 13.3 Å². The van der Waals surface area contributed by atoms with Crippen LogP contribution in [0.2, 0.25) is 6.04 Å². The van der Waals surface area contributed by atoms with Crippen LogP contribution in [0, 0.1) is 0 Å². The highest BCUT2D eigenvalue weighted by molar-refractivity contribution is 14.1. The van der Waals surface area contributed by atoms with Crippen molar-refractivity contribution in [2.75, 3.05) is 24.2 Å². The summed E-state index contributed by atoms with van der Waals surface area (Å²) in [5, 5.41) is 0. The smallest absolute Gasteiger partial charge is 0.374 e. The molecule has 0 bridgehead atoms. The molecular weight excluding hydrogens is 659 g/mol. The molecule has 0 aliphatic rings. The van der Waals surface area contributed by atoms with Gasteiger partial charge in [0.25, 0.3) is 0 Å². The standard InChI is InChI=1S/C38H79IO3Si/c1-4-40-43(41-5-2,42-6-3)38-36-34-32-30-28-26-24-22-20-18-16-14-12-10-8-7-9-11-13-15-17-19-21-23-25-27-29-31-33-35-37-39/h4-38H2,1-3H3. The Morgan fingerprint density at radius 3 is 0.674 bits per heavy atom. The number of hydrogen-bond acceptors (Lipinski definition) is 3. The van der Waals surface area contributed by atoms with E-state index in [1.807, 2.05) is 20.8 Å². The molecule has 43 heavy (non-hydrogen) atoms. The summed E-state index contributed by atoms with van der Waals surface area (Å²) < 4.78 is 19.3. The van der Waals surface area contributed by atoms with Gasteiger partial charge in [-0.25, -0.2) is 0 Å². The average molecular weight is 739 g/mol. The van der Waals surface area contributed by atoms with E-state index in [0.29, 0.717) is 19.8 Å². The summed E-state index contributed by atoms with van der Waals surface area (Å²) in [6, 6.07) is 0.974. The van der Waals surface area contributed by atoms with Gasteiger partial charge >= 0.3 is 8.80 Å². The molecule has 0 unspecified atom stereocenters. The SMILES string of the molecule is CCO[Si](CCCCCCCCCCCCCCCCCCCCCCCCCCCCCCCCI)(OCC)OCC. The van der Waals surface area contributed by atoms with Gasteiger partial charge in [-0.3, -0.25) is 0 Å². The molecular formula is C38H79IO3Si. The van der Waals surface area contributed by atoms with E-state index in [9.17, 15) is 0 Å². The largest absolute Gasteiger partial charge is 0.500 e. The van der Waals surface area contributed by atoms with Gasteiger partial charge in [-0.15, -0.1) is 0 Å². The zero-order chi connectivity index (χ0) is 31.4. The minimum Gasteiger partial charge on any atom is -0.374 e. The van der Waals surface area contributed by atoms with Crippen LogP contribution >= 0.6 is 22.6 Å². The van der Waals surface area contributed by atoms with E-state index in [4.69, 9.17) is 13.3 Å². The van der Waals surface area contributed by atoms with Crippen molar-refractivity contribution in [1.29, 1.82) is 0 Å². The molecule has 0 N–H and O–H groups in total. The molecule has 0 saturated heterocycles. The van der Waals surface area contributed by atoms with E-state index >= 15 is 0 Å².